The number of carbonyl (C=O) groups excluding carboxylic acids is 1. The zero-order valence-electron chi connectivity index (χ0n) is 17.5. The van der Waals surface area contributed by atoms with E-state index < -0.39 is 12.1 Å². The number of aromatic nitrogens is 1. The maximum absolute atomic E-state index is 12.2. The fraction of sp³-hybridized carbons (Fsp3) is 0.304. The Morgan fingerprint density at radius 3 is 2.57 bits per heavy atom. The molecular formula is C23H25ClN2O4. The van der Waals surface area contributed by atoms with Gasteiger partial charge in [0.2, 0.25) is 0 Å². The highest BCUT2D eigenvalue weighted by molar-refractivity contribution is 6.31. The van der Waals surface area contributed by atoms with Crippen LogP contribution in [0.25, 0.3) is 10.9 Å². The minimum Gasteiger partial charge on any atom is -0.479 e. The van der Waals surface area contributed by atoms with E-state index in [0.717, 1.165) is 27.7 Å². The Balaban J connectivity index is 1.93. The maximum atomic E-state index is 12.2. The molecular weight excluding hydrogens is 404 g/mol. The van der Waals surface area contributed by atoms with Crippen LogP contribution in [0.15, 0.2) is 36.4 Å². The quantitative estimate of drug-likeness (QED) is 0.578. The van der Waals surface area contributed by atoms with Gasteiger partial charge in [-0.25, -0.2) is 4.79 Å². The number of amides is 1. The second kappa shape index (κ2) is 8.79. The number of nitrogens with one attached hydrogen (secondary N) is 1. The second-order valence-corrected chi connectivity index (χ2v) is 7.65. The molecule has 0 fully saturated rings. The molecule has 0 bridgehead atoms. The van der Waals surface area contributed by atoms with Crippen molar-refractivity contribution in [1.82, 2.24) is 9.88 Å². The van der Waals surface area contributed by atoms with Gasteiger partial charge in [0, 0.05) is 40.3 Å². The monoisotopic (exact) mass is 428 g/mol. The minimum atomic E-state index is -1.04. The van der Waals surface area contributed by atoms with E-state index in [1.54, 1.807) is 12.1 Å². The van der Waals surface area contributed by atoms with Gasteiger partial charge >= 0.3 is 5.97 Å². The Bertz CT molecular complexity index is 1120. The maximum Gasteiger partial charge on any atom is 0.344 e. The van der Waals surface area contributed by atoms with Crippen molar-refractivity contribution >= 4 is 34.4 Å². The van der Waals surface area contributed by atoms with Gasteiger partial charge in [0.15, 0.2) is 6.10 Å². The van der Waals surface area contributed by atoms with Crippen LogP contribution in [-0.4, -0.2) is 34.2 Å². The number of carbonyl (C=O) groups is 2. The fourth-order valence-corrected chi connectivity index (χ4v) is 3.64. The molecule has 1 heterocycles. The summed E-state index contributed by atoms with van der Waals surface area (Å²) >= 11 is 6.46. The summed E-state index contributed by atoms with van der Waals surface area (Å²) in [5.74, 6) is -0.707. The van der Waals surface area contributed by atoms with Crippen LogP contribution in [0.4, 0.5) is 0 Å². The van der Waals surface area contributed by atoms with Gasteiger partial charge in [-0.2, -0.15) is 0 Å². The van der Waals surface area contributed by atoms with Gasteiger partial charge < -0.3 is 19.7 Å². The highest BCUT2D eigenvalue weighted by Gasteiger charge is 2.16. The van der Waals surface area contributed by atoms with E-state index >= 15 is 0 Å². The van der Waals surface area contributed by atoms with Gasteiger partial charge in [0.1, 0.15) is 5.75 Å². The van der Waals surface area contributed by atoms with Gasteiger partial charge in [0.25, 0.3) is 5.91 Å². The molecule has 0 aliphatic carbocycles. The summed E-state index contributed by atoms with van der Waals surface area (Å²) < 4.78 is 7.55. The molecule has 1 aromatic heterocycles. The highest BCUT2D eigenvalue weighted by atomic mass is 35.5. The van der Waals surface area contributed by atoms with Crippen molar-refractivity contribution in [2.24, 2.45) is 0 Å². The molecule has 1 amide bonds. The fourth-order valence-electron chi connectivity index (χ4n) is 3.41. The number of hydrogen-bond donors (Lipinski definition) is 2. The summed E-state index contributed by atoms with van der Waals surface area (Å²) in [5.41, 5.74) is 4.75. The summed E-state index contributed by atoms with van der Waals surface area (Å²) in [7, 11) is 0. The molecule has 0 saturated carbocycles. The molecule has 2 N–H and O–H groups in total. The molecule has 0 spiro atoms. The SMILES string of the molecule is CCNC(=O)c1ccc2c(c1)c(C)c(C)n2Cc1ccc(OC(C)C(=O)O)cc1Cl. The average molecular weight is 429 g/mol. The third-order valence-electron chi connectivity index (χ3n) is 5.25. The predicted octanol–water partition coefficient (Wildman–Crippen LogP) is 4.56. The number of halogens is 1. The normalized spacial score (nSPS) is 12.0. The largest absolute Gasteiger partial charge is 0.479 e. The molecule has 1 atom stereocenters. The van der Waals surface area contributed by atoms with E-state index in [1.807, 2.05) is 45.0 Å². The third kappa shape index (κ3) is 4.28. The topological polar surface area (TPSA) is 80.6 Å². The molecule has 30 heavy (non-hydrogen) atoms. The molecule has 158 valence electrons. The molecule has 7 heteroatoms. The number of aryl methyl sites for hydroxylation is 1. The summed E-state index contributed by atoms with van der Waals surface area (Å²) in [5, 5.41) is 13.4. The molecule has 0 aliphatic rings. The summed E-state index contributed by atoms with van der Waals surface area (Å²) in [6.45, 7) is 8.58. The van der Waals surface area contributed by atoms with Crippen molar-refractivity contribution in [3.63, 3.8) is 0 Å². The lowest BCUT2D eigenvalue weighted by Crippen LogP contribution is -2.22. The minimum absolute atomic E-state index is 0.0848. The van der Waals surface area contributed by atoms with Gasteiger partial charge in [-0.05, 0) is 69.2 Å². The summed E-state index contributed by atoms with van der Waals surface area (Å²) in [6.07, 6.45) is -0.954. The van der Waals surface area contributed by atoms with Gasteiger partial charge in [-0.15, -0.1) is 0 Å². The van der Waals surface area contributed by atoms with Gasteiger partial charge in [-0.3, -0.25) is 4.79 Å². The van der Waals surface area contributed by atoms with Crippen molar-refractivity contribution in [3.05, 3.63) is 63.8 Å². The van der Waals surface area contributed by atoms with E-state index in [4.69, 9.17) is 21.4 Å². The summed E-state index contributed by atoms with van der Waals surface area (Å²) in [6, 6.07) is 10.9. The molecule has 0 saturated heterocycles. The lowest BCUT2D eigenvalue weighted by Gasteiger charge is -2.14. The Labute approximate surface area is 180 Å². The Morgan fingerprint density at radius 1 is 1.20 bits per heavy atom. The van der Waals surface area contributed by atoms with Crippen molar-refractivity contribution < 1.29 is 19.4 Å². The number of hydrogen-bond acceptors (Lipinski definition) is 3. The zero-order chi connectivity index (χ0) is 22.0. The summed E-state index contributed by atoms with van der Waals surface area (Å²) in [4.78, 5) is 23.2. The van der Waals surface area contributed by atoms with Crippen LogP contribution in [-0.2, 0) is 11.3 Å². The third-order valence-corrected chi connectivity index (χ3v) is 5.60. The number of carboxylic acid groups (broad SMARTS) is 1. The first-order valence-electron chi connectivity index (χ1n) is 9.78. The van der Waals surface area contributed by atoms with Crippen molar-refractivity contribution in [2.75, 3.05) is 6.54 Å². The zero-order valence-corrected chi connectivity index (χ0v) is 18.2. The molecule has 0 radical (unpaired) electrons. The molecule has 0 aliphatic heterocycles. The van der Waals surface area contributed by atoms with Crippen LogP contribution in [0.3, 0.4) is 0 Å². The van der Waals surface area contributed by atoms with E-state index in [0.29, 0.717) is 29.4 Å². The number of rotatable bonds is 7. The lowest BCUT2D eigenvalue weighted by molar-refractivity contribution is -0.144. The van der Waals surface area contributed by atoms with Gasteiger partial charge in [-0.1, -0.05) is 17.7 Å². The first kappa shape index (κ1) is 21.7. The molecule has 1 unspecified atom stereocenters. The number of fused-ring (bicyclic) bond motifs is 1. The lowest BCUT2D eigenvalue weighted by atomic mass is 10.1. The number of nitrogens with zero attached hydrogens (tertiary/aromatic N) is 1. The van der Waals surface area contributed by atoms with Crippen LogP contribution < -0.4 is 10.1 Å². The number of aliphatic carboxylic acids is 1. The highest BCUT2D eigenvalue weighted by Crippen LogP contribution is 2.30. The first-order valence-corrected chi connectivity index (χ1v) is 10.2. The van der Waals surface area contributed by atoms with Crippen LogP contribution in [0.1, 0.15) is 41.0 Å². The first-order chi connectivity index (χ1) is 14.2. The smallest absolute Gasteiger partial charge is 0.344 e. The molecule has 6 nitrogen and oxygen atoms in total. The standard InChI is InChI=1S/C23H25ClN2O4/c1-5-25-22(27)16-7-9-21-19(10-16)13(2)14(3)26(21)12-17-6-8-18(11-20(17)24)30-15(4)23(28)29/h6-11,15H,5,12H2,1-4H3,(H,25,27)(H,28,29). The van der Waals surface area contributed by atoms with Crippen LogP contribution in [0.2, 0.25) is 5.02 Å². The van der Waals surface area contributed by atoms with E-state index in [1.165, 1.54) is 6.92 Å². The van der Waals surface area contributed by atoms with Crippen LogP contribution in [0.5, 0.6) is 5.75 Å². The van der Waals surface area contributed by atoms with Crippen molar-refractivity contribution in [3.8, 4) is 5.75 Å². The predicted molar refractivity (Wildman–Crippen MR) is 118 cm³/mol. The second-order valence-electron chi connectivity index (χ2n) is 7.24. The van der Waals surface area contributed by atoms with Crippen molar-refractivity contribution in [1.29, 1.82) is 0 Å². The number of benzene rings is 2. The van der Waals surface area contributed by atoms with Gasteiger partial charge in [0.05, 0.1) is 0 Å². The van der Waals surface area contributed by atoms with Crippen LogP contribution in [0, 0.1) is 13.8 Å². The molecule has 3 aromatic rings. The average Bonchev–Trinajstić information content (AvgIpc) is 2.94. The van der Waals surface area contributed by atoms with E-state index in [-0.39, 0.29) is 5.91 Å². The number of carboxylic acids is 1. The Morgan fingerprint density at radius 2 is 1.93 bits per heavy atom. The number of ether oxygens (including phenoxy) is 1. The Kier molecular flexibility index (Phi) is 6.37. The van der Waals surface area contributed by atoms with E-state index in [9.17, 15) is 9.59 Å². The van der Waals surface area contributed by atoms with Crippen LogP contribution >= 0.6 is 11.6 Å². The molecule has 3 rings (SSSR count). The van der Waals surface area contributed by atoms with E-state index in [2.05, 4.69) is 9.88 Å². The van der Waals surface area contributed by atoms with Crippen molar-refractivity contribution in [2.45, 2.75) is 40.3 Å². The Hall–Kier alpha value is -2.99. The molecule has 2 aromatic carbocycles.